The summed E-state index contributed by atoms with van der Waals surface area (Å²) in [6, 6.07) is 0. The van der Waals surface area contributed by atoms with Crippen molar-refractivity contribution in [1.29, 1.82) is 0 Å². The zero-order chi connectivity index (χ0) is 10.1. The number of halogens is 1. The van der Waals surface area contributed by atoms with Gasteiger partial charge in [0.2, 0.25) is 0 Å². The molecule has 0 aromatic carbocycles. The van der Waals surface area contributed by atoms with Gasteiger partial charge in [0.1, 0.15) is 0 Å². The maximum Gasteiger partial charge on any atom is 0.319 e. The number of carbonyl (C=O) groups is 1. The third kappa shape index (κ3) is 5.88. The topological polar surface area (TPSA) is 35.5 Å². The van der Waals surface area contributed by atoms with Crippen molar-refractivity contribution in [3.8, 4) is 12.3 Å². The van der Waals surface area contributed by atoms with Crippen molar-refractivity contribution in [3.63, 3.8) is 0 Å². The van der Waals surface area contributed by atoms with Crippen LogP contribution in [0.2, 0.25) is 0 Å². The van der Waals surface area contributed by atoms with Gasteiger partial charge in [0.05, 0.1) is 5.92 Å². The van der Waals surface area contributed by atoms with Crippen LogP contribution in [0, 0.1) is 18.3 Å². The molecule has 0 rings (SSSR count). The van der Waals surface area contributed by atoms with Crippen LogP contribution in [0.3, 0.4) is 0 Å². The highest BCUT2D eigenvalue weighted by Gasteiger charge is 2.17. The predicted octanol–water partition coefficient (Wildman–Crippen LogP) is 1.95. The van der Waals surface area contributed by atoms with Gasteiger partial charge < -0.3 is 7.80 Å². The smallest absolute Gasteiger partial charge is 0.319 e. The Morgan fingerprint density at radius 3 is 2.85 bits per heavy atom. The Kier molecular flexibility index (Phi) is 8.14. The first kappa shape index (κ1) is 12.7. The first-order valence-electron chi connectivity index (χ1n) is 4.09. The molecule has 0 fully saturated rings. The van der Waals surface area contributed by atoms with E-state index in [2.05, 4.69) is 8.99 Å². The van der Waals surface area contributed by atoms with Gasteiger partial charge in [-0.05, 0) is 13.3 Å². The number of hydrogen-bond donors (Lipinski definition) is 0. The van der Waals surface area contributed by atoms with Crippen LogP contribution in [0.1, 0.15) is 19.8 Å². The van der Waals surface area contributed by atoms with Crippen molar-refractivity contribution in [1.82, 2.24) is 0 Å². The summed E-state index contributed by atoms with van der Waals surface area (Å²) in [5.74, 6) is 1.96. The predicted molar refractivity (Wildman–Crippen MR) is 58.2 cm³/mol. The minimum Gasteiger partial charge on any atom is -0.394 e. The van der Waals surface area contributed by atoms with Crippen LogP contribution in [0.5, 0.6) is 0 Å². The molecule has 4 heteroatoms. The summed E-state index contributed by atoms with van der Waals surface area (Å²) in [4.78, 5) is 11.1. The maximum absolute atomic E-state index is 11.1. The molecular formula is C9H13IO3. The Bertz CT molecular complexity index is 186. The average molecular weight is 296 g/mol. The fourth-order valence-corrected chi connectivity index (χ4v) is 1.24. The maximum atomic E-state index is 11.1. The van der Waals surface area contributed by atoms with Crippen LogP contribution >= 0.6 is 23.0 Å². The summed E-state index contributed by atoms with van der Waals surface area (Å²) < 4.78 is 9.70. The van der Waals surface area contributed by atoms with E-state index in [1.807, 2.05) is 6.92 Å². The van der Waals surface area contributed by atoms with Gasteiger partial charge in [-0.25, -0.2) is 0 Å². The monoisotopic (exact) mass is 296 g/mol. The van der Waals surface area contributed by atoms with Gasteiger partial charge in [0.15, 0.2) is 23.0 Å². The number of terminal acetylenes is 1. The van der Waals surface area contributed by atoms with Gasteiger partial charge in [-0.1, -0.05) is 0 Å². The Hall–Kier alpha value is -0.280. The number of carbonyl (C=O) groups excluding carboxylic acids is 1. The highest BCUT2D eigenvalue weighted by atomic mass is 127. The van der Waals surface area contributed by atoms with E-state index in [1.165, 1.54) is 0 Å². The molecule has 13 heavy (non-hydrogen) atoms. The van der Waals surface area contributed by atoms with Gasteiger partial charge in [-0.15, -0.1) is 12.3 Å². The molecule has 74 valence electrons. The molecule has 1 atom stereocenters. The molecule has 0 aromatic heterocycles. The molecule has 0 amide bonds. The molecule has 1 unspecified atom stereocenters. The van der Waals surface area contributed by atoms with Crippen molar-refractivity contribution in [2.45, 2.75) is 19.8 Å². The Morgan fingerprint density at radius 2 is 2.38 bits per heavy atom. The first-order valence-corrected chi connectivity index (χ1v) is 4.98. The second-order valence-corrected chi connectivity index (χ2v) is 2.93. The van der Waals surface area contributed by atoms with E-state index < -0.39 is 0 Å². The molecule has 0 N–H and O–H groups in total. The molecule has 0 saturated carbocycles. The minimum atomic E-state index is -0.266. The molecule has 0 heterocycles. The fraction of sp³-hybridized carbons (Fsp3) is 0.667. The molecule has 0 aliphatic heterocycles. The van der Waals surface area contributed by atoms with Crippen LogP contribution in [0.15, 0.2) is 0 Å². The average Bonchev–Trinajstić information content (AvgIpc) is 2.16. The van der Waals surface area contributed by atoms with Gasteiger partial charge in [0.25, 0.3) is 0 Å². The van der Waals surface area contributed by atoms with E-state index in [-0.39, 0.29) is 11.9 Å². The lowest BCUT2D eigenvalue weighted by molar-refractivity contribution is -0.136. The molecule has 0 aromatic rings. The number of hydrogen-bond acceptors (Lipinski definition) is 3. The third-order valence-electron chi connectivity index (χ3n) is 1.59. The highest BCUT2D eigenvalue weighted by molar-refractivity contribution is 14.1. The molecule has 0 saturated heterocycles. The SMILES string of the molecule is C#CCC(CCOCC)C(=O)OI. The van der Waals surface area contributed by atoms with Crippen molar-refractivity contribution >= 4 is 29.0 Å². The summed E-state index contributed by atoms with van der Waals surface area (Å²) in [6.07, 6.45) is 6.16. The summed E-state index contributed by atoms with van der Waals surface area (Å²) in [5, 5.41) is 0. The second-order valence-electron chi connectivity index (χ2n) is 2.49. The third-order valence-corrected chi connectivity index (χ3v) is 2.02. The second kappa shape index (κ2) is 8.32. The van der Waals surface area contributed by atoms with E-state index in [0.29, 0.717) is 26.1 Å². The van der Waals surface area contributed by atoms with Gasteiger partial charge in [0, 0.05) is 19.6 Å². The summed E-state index contributed by atoms with van der Waals surface area (Å²) in [6.45, 7) is 3.11. The Labute approximate surface area is 92.9 Å². The molecule has 0 bridgehead atoms. The number of ether oxygens (including phenoxy) is 1. The number of rotatable bonds is 6. The van der Waals surface area contributed by atoms with Crippen LogP contribution < -0.4 is 0 Å². The summed E-state index contributed by atoms with van der Waals surface area (Å²) in [5.41, 5.74) is 0. The van der Waals surface area contributed by atoms with Gasteiger partial charge in [-0.2, -0.15) is 0 Å². The summed E-state index contributed by atoms with van der Waals surface area (Å²) >= 11 is 1.57. The zero-order valence-electron chi connectivity index (χ0n) is 7.59. The molecule has 0 spiro atoms. The van der Waals surface area contributed by atoms with Crippen molar-refractivity contribution < 1.29 is 12.6 Å². The van der Waals surface area contributed by atoms with Crippen LogP contribution in [-0.2, 0) is 12.6 Å². The van der Waals surface area contributed by atoms with Crippen LogP contribution in [0.25, 0.3) is 0 Å². The molecule has 0 aliphatic carbocycles. The van der Waals surface area contributed by atoms with E-state index in [1.54, 1.807) is 23.0 Å². The fourth-order valence-electron chi connectivity index (χ4n) is 0.878. The normalized spacial score (nSPS) is 11.8. The van der Waals surface area contributed by atoms with E-state index in [4.69, 9.17) is 11.2 Å². The lowest BCUT2D eigenvalue weighted by Gasteiger charge is -2.09. The largest absolute Gasteiger partial charge is 0.394 e. The molecule has 0 aliphatic rings. The lowest BCUT2D eigenvalue weighted by atomic mass is 10.0. The van der Waals surface area contributed by atoms with E-state index >= 15 is 0 Å². The van der Waals surface area contributed by atoms with Crippen LogP contribution in [0.4, 0.5) is 0 Å². The van der Waals surface area contributed by atoms with Crippen LogP contribution in [-0.4, -0.2) is 19.2 Å². The molecule has 3 nitrogen and oxygen atoms in total. The first-order chi connectivity index (χ1) is 6.26. The van der Waals surface area contributed by atoms with E-state index in [0.717, 1.165) is 0 Å². The lowest BCUT2D eigenvalue weighted by Crippen LogP contribution is -2.16. The Morgan fingerprint density at radius 1 is 1.69 bits per heavy atom. The quantitative estimate of drug-likeness (QED) is 0.427. The molecule has 0 radical (unpaired) electrons. The minimum absolute atomic E-state index is 0.228. The Balaban J connectivity index is 3.81. The van der Waals surface area contributed by atoms with Crippen molar-refractivity contribution in [2.75, 3.05) is 13.2 Å². The standard InChI is InChI=1S/C9H13IO3/c1-3-5-8(9(11)13-10)6-7-12-4-2/h1,8H,4-7H2,2H3. The molecular weight excluding hydrogens is 283 g/mol. The van der Waals surface area contributed by atoms with Crippen molar-refractivity contribution in [2.24, 2.45) is 5.92 Å². The highest BCUT2D eigenvalue weighted by Crippen LogP contribution is 2.12. The van der Waals surface area contributed by atoms with Crippen molar-refractivity contribution in [3.05, 3.63) is 0 Å². The summed E-state index contributed by atoms with van der Waals surface area (Å²) in [7, 11) is 0. The zero-order valence-corrected chi connectivity index (χ0v) is 9.74. The van der Waals surface area contributed by atoms with Gasteiger partial charge >= 0.3 is 5.97 Å². The van der Waals surface area contributed by atoms with E-state index in [9.17, 15) is 4.79 Å². The van der Waals surface area contributed by atoms with Gasteiger partial charge in [-0.3, -0.25) is 4.79 Å².